The molecule has 0 saturated carbocycles. The molecule has 0 radical (unpaired) electrons. The van der Waals surface area contributed by atoms with E-state index in [-0.39, 0.29) is 5.78 Å². The Hall–Kier alpha value is -1.16. The second-order valence-corrected chi connectivity index (χ2v) is 4.05. The van der Waals surface area contributed by atoms with E-state index in [1.165, 1.54) is 0 Å². The maximum Gasteiger partial charge on any atom is 0.134 e. The number of ketones is 1. The molecule has 15 heavy (non-hydrogen) atoms. The zero-order valence-corrected chi connectivity index (χ0v) is 8.98. The van der Waals surface area contributed by atoms with Gasteiger partial charge in [0, 0.05) is 25.8 Å². The van der Waals surface area contributed by atoms with Crippen LogP contribution in [-0.4, -0.2) is 28.8 Å². The Morgan fingerprint density at radius 1 is 1.60 bits per heavy atom. The fraction of sp³-hybridized carbons (Fsp3) is 0.636. The highest BCUT2D eigenvalue weighted by atomic mass is 16.5. The van der Waals surface area contributed by atoms with Crippen LogP contribution in [0.2, 0.25) is 0 Å². The minimum absolute atomic E-state index is 0.182. The average molecular weight is 208 g/mol. The SMILES string of the molecule is CC(=O)Cc1cnn(C2CCOCC2)c1. The smallest absolute Gasteiger partial charge is 0.134 e. The Labute approximate surface area is 89.2 Å². The molecule has 4 nitrogen and oxygen atoms in total. The van der Waals surface area contributed by atoms with Gasteiger partial charge in [0.05, 0.1) is 12.2 Å². The topological polar surface area (TPSA) is 44.1 Å². The molecule has 1 aliphatic heterocycles. The predicted octanol–water partition coefficient (Wildman–Crippen LogP) is 1.37. The van der Waals surface area contributed by atoms with Crippen molar-refractivity contribution in [3.8, 4) is 0 Å². The van der Waals surface area contributed by atoms with Gasteiger partial charge in [0.25, 0.3) is 0 Å². The number of Topliss-reactive ketones (excluding diaryl/α,β-unsaturated/α-hetero) is 1. The second-order valence-electron chi connectivity index (χ2n) is 4.05. The summed E-state index contributed by atoms with van der Waals surface area (Å²) in [6.07, 6.45) is 6.29. The highest BCUT2D eigenvalue weighted by Gasteiger charge is 2.16. The molecule has 1 saturated heterocycles. The van der Waals surface area contributed by atoms with E-state index in [2.05, 4.69) is 5.10 Å². The van der Waals surface area contributed by atoms with Crippen LogP contribution in [0.1, 0.15) is 31.4 Å². The average Bonchev–Trinajstić information content (AvgIpc) is 2.67. The van der Waals surface area contributed by atoms with Crippen LogP contribution in [-0.2, 0) is 16.0 Å². The molecule has 0 N–H and O–H groups in total. The van der Waals surface area contributed by atoms with Crippen molar-refractivity contribution in [1.82, 2.24) is 9.78 Å². The van der Waals surface area contributed by atoms with Gasteiger partial charge in [-0.1, -0.05) is 0 Å². The molecule has 0 aromatic carbocycles. The first-order chi connectivity index (χ1) is 7.25. The van der Waals surface area contributed by atoms with Crippen molar-refractivity contribution in [2.24, 2.45) is 0 Å². The third kappa shape index (κ3) is 2.65. The molecule has 82 valence electrons. The van der Waals surface area contributed by atoms with Crippen LogP contribution in [0.4, 0.5) is 0 Å². The molecule has 1 aromatic rings. The first-order valence-electron chi connectivity index (χ1n) is 5.36. The first kappa shape index (κ1) is 10.4. The maximum atomic E-state index is 10.9. The van der Waals surface area contributed by atoms with Gasteiger partial charge in [-0.25, -0.2) is 0 Å². The molecular weight excluding hydrogens is 192 g/mol. The van der Waals surface area contributed by atoms with Gasteiger partial charge >= 0.3 is 0 Å². The van der Waals surface area contributed by atoms with Crippen molar-refractivity contribution in [3.05, 3.63) is 18.0 Å². The number of aromatic nitrogens is 2. The Morgan fingerprint density at radius 2 is 2.33 bits per heavy atom. The van der Waals surface area contributed by atoms with Gasteiger partial charge in [0.1, 0.15) is 5.78 Å². The van der Waals surface area contributed by atoms with Gasteiger partial charge in [-0.3, -0.25) is 9.48 Å². The summed E-state index contributed by atoms with van der Waals surface area (Å²) < 4.78 is 7.27. The molecule has 0 bridgehead atoms. The minimum Gasteiger partial charge on any atom is -0.381 e. The summed E-state index contributed by atoms with van der Waals surface area (Å²) in [6, 6.07) is 0.444. The van der Waals surface area contributed by atoms with Crippen LogP contribution in [0.15, 0.2) is 12.4 Å². The summed E-state index contributed by atoms with van der Waals surface area (Å²) in [5.74, 6) is 0.182. The second kappa shape index (κ2) is 4.57. The summed E-state index contributed by atoms with van der Waals surface area (Å²) >= 11 is 0. The molecule has 0 atom stereocenters. The van der Waals surface area contributed by atoms with Gasteiger partial charge in [-0.15, -0.1) is 0 Å². The molecule has 0 unspecified atom stereocenters. The van der Waals surface area contributed by atoms with Crippen LogP contribution in [0.5, 0.6) is 0 Å². The lowest BCUT2D eigenvalue weighted by molar-refractivity contribution is -0.116. The Morgan fingerprint density at radius 3 is 3.00 bits per heavy atom. The molecule has 0 amide bonds. The molecule has 4 heteroatoms. The number of hydrogen-bond donors (Lipinski definition) is 0. The lowest BCUT2D eigenvalue weighted by Crippen LogP contribution is -2.19. The number of ether oxygens (including phenoxy) is 1. The molecule has 2 rings (SSSR count). The zero-order valence-electron chi connectivity index (χ0n) is 8.98. The Kier molecular flexibility index (Phi) is 3.16. The van der Waals surface area contributed by atoms with Crippen molar-refractivity contribution >= 4 is 5.78 Å². The highest BCUT2D eigenvalue weighted by Crippen LogP contribution is 2.20. The van der Waals surface area contributed by atoms with Crippen molar-refractivity contribution in [3.63, 3.8) is 0 Å². The third-order valence-electron chi connectivity index (χ3n) is 2.67. The third-order valence-corrected chi connectivity index (χ3v) is 2.67. The standard InChI is InChI=1S/C11H16N2O2/c1-9(14)6-10-7-12-13(8-10)11-2-4-15-5-3-11/h7-8,11H,2-6H2,1H3. The minimum atomic E-state index is 0.182. The molecule has 2 heterocycles. The van der Waals surface area contributed by atoms with Crippen LogP contribution in [0.3, 0.4) is 0 Å². The van der Waals surface area contributed by atoms with Crippen molar-refractivity contribution in [1.29, 1.82) is 0 Å². The van der Waals surface area contributed by atoms with E-state index in [4.69, 9.17) is 4.74 Å². The number of rotatable bonds is 3. The quantitative estimate of drug-likeness (QED) is 0.753. The Balaban J connectivity index is 2.02. The largest absolute Gasteiger partial charge is 0.381 e. The van der Waals surface area contributed by atoms with Gasteiger partial charge in [0.2, 0.25) is 0 Å². The predicted molar refractivity (Wildman–Crippen MR) is 55.7 cm³/mol. The van der Waals surface area contributed by atoms with E-state index >= 15 is 0 Å². The lowest BCUT2D eigenvalue weighted by atomic mass is 10.1. The summed E-state index contributed by atoms with van der Waals surface area (Å²) in [6.45, 7) is 3.23. The number of nitrogens with zero attached hydrogens (tertiary/aromatic N) is 2. The van der Waals surface area contributed by atoms with Crippen molar-refractivity contribution in [2.45, 2.75) is 32.2 Å². The van der Waals surface area contributed by atoms with Crippen LogP contribution in [0, 0.1) is 0 Å². The fourth-order valence-electron chi connectivity index (χ4n) is 1.91. The monoisotopic (exact) mass is 208 g/mol. The Bertz CT molecular complexity index is 340. The summed E-state index contributed by atoms with van der Waals surface area (Å²) in [5.41, 5.74) is 1.01. The van der Waals surface area contributed by atoms with Gasteiger partial charge in [-0.2, -0.15) is 5.10 Å². The van der Waals surface area contributed by atoms with E-state index in [0.29, 0.717) is 12.5 Å². The van der Waals surface area contributed by atoms with Crippen LogP contribution in [0.25, 0.3) is 0 Å². The number of hydrogen-bond acceptors (Lipinski definition) is 3. The fourth-order valence-corrected chi connectivity index (χ4v) is 1.91. The molecule has 1 aliphatic rings. The van der Waals surface area contributed by atoms with Gasteiger partial charge < -0.3 is 4.74 Å². The molecule has 1 aromatic heterocycles. The van der Waals surface area contributed by atoms with Crippen molar-refractivity contribution in [2.75, 3.05) is 13.2 Å². The van der Waals surface area contributed by atoms with Gasteiger partial charge in [-0.05, 0) is 25.3 Å². The van der Waals surface area contributed by atoms with Crippen LogP contribution < -0.4 is 0 Å². The zero-order chi connectivity index (χ0) is 10.7. The van der Waals surface area contributed by atoms with Crippen LogP contribution >= 0.6 is 0 Å². The normalized spacial score (nSPS) is 17.9. The molecule has 0 aliphatic carbocycles. The number of carbonyl (C=O) groups excluding carboxylic acids is 1. The van der Waals surface area contributed by atoms with Crippen molar-refractivity contribution < 1.29 is 9.53 Å². The van der Waals surface area contributed by atoms with E-state index in [1.54, 1.807) is 13.1 Å². The van der Waals surface area contributed by atoms with E-state index in [0.717, 1.165) is 31.6 Å². The van der Waals surface area contributed by atoms with E-state index in [1.807, 2.05) is 10.9 Å². The van der Waals surface area contributed by atoms with E-state index < -0.39 is 0 Å². The summed E-state index contributed by atoms with van der Waals surface area (Å²) in [4.78, 5) is 10.9. The highest BCUT2D eigenvalue weighted by molar-refractivity contribution is 5.77. The molecule has 0 spiro atoms. The lowest BCUT2D eigenvalue weighted by Gasteiger charge is -2.22. The summed E-state index contributed by atoms with van der Waals surface area (Å²) in [5, 5.41) is 4.30. The number of carbonyl (C=O) groups is 1. The maximum absolute atomic E-state index is 10.9. The van der Waals surface area contributed by atoms with E-state index in [9.17, 15) is 4.79 Å². The summed E-state index contributed by atoms with van der Waals surface area (Å²) in [7, 11) is 0. The molecular formula is C11H16N2O2. The first-order valence-corrected chi connectivity index (χ1v) is 5.36. The van der Waals surface area contributed by atoms with Gasteiger partial charge in [0.15, 0.2) is 0 Å². The molecule has 1 fully saturated rings.